The minimum atomic E-state index is -0.121. The summed E-state index contributed by atoms with van der Waals surface area (Å²) >= 11 is 0. The quantitative estimate of drug-likeness (QED) is 0.877. The van der Waals surface area contributed by atoms with Gasteiger partial charge in [0, 0.05) is 11.7 Å². The lowest BCUT2D eigenvalue weighted by atomic mass is 9.87. The van der Waals surface area contributed by atoms with Gasteiger partial charge in [0.25, 0.3) is 0 Å². The van der Waals surface area contributed by atoms with Gasteiger partial charge in [-0.05, 0) is 43.0 Å². The van der Waals surface area contributed by atoms with Crippen LogP contribution in [0.15, 0.2) is 24.3 Å². The summed E-state index contributed by atoms with van der Waals surface area (Å²) in [4.78, 5) is 11.9. The van der Waals surface area contributed by atoms with Crippen LogP contribution in [0, 0.1) is 5.92 Å². The lowest BCUT2D eigenvalue weighted by Crippen LogP contribution is -2.40. The zero-order valence-corrected chi connectivity index (χ0v) is 11.6. The maximum Gasteiger partial charge on any atom is 0.319 e. The molecular formula is C15H22N2O2. The minimum Gasteiger partial charge on any atom is -0.497 e. The fourth-order valence-corrected chi connectivity index (χ4v) is 2.59. The SMILES string of the molecule is COc1ccc(NC(=O)NC2CCCC(C)C2)cc1. The van der Waals surface area contributed by atoms with Crippen LogP contribution in [0.5, 0.6) is 5.75 Å². The van der Waals surface area contributed by atoms with Gasteiger partial charge in [0.15, 0.2) is 0 Å². The van der Waals surface area contributed by atoms with E-state index < -0.39 is 0 Å². The van der Waals surface area contributed by atoms with E-state index in [2.05, 4.69) is 17.6 Å². The third kappa shape index (κ3) is 4.16. The van der Waals surface area contributed by atoms with Crippen LogP contribution in [0.1, 0.15) is 32.6 Å². The maximum absolute atomic E-state index is 11.9. The molecule has 0 saturated heterocycles. The summed E-state index contributed by atoms with van der Waals surface area (Å²) in [5.41, 5.74) is 0.780. The number of methoxy groups -OCH3 is 1. The van der Waals surface area contributed by atoms with E-state index in [0.717, 1.165) is 24.3 Å². The van der Waals surface area contributed by atoms with Gasteiger partial charge >= 0.3 is 6.03 Å². The number of urea groups is 1. The molecule has 4 heteroatoms. The second kappa shape index (κ2) is 6.45. The maximum atomic E-state index is 11.9. The number of amides is 2. The standard InChI is InChI=1S/C15H22N2O2/c1-11-4-3-5-13(10-11)17-15(18)16-12-6-8-14(19-2)9-7-12/h6-9,11,13H,3-5,10H2,1-2H3,(H2,16,17,18). The number of nitrogens with one attached hydrogen (secondary N) is 2. The third-order valence-corrected chi connectivity index (χ3v) is 3.62. The molecule has 19 heavy (non-hydrogen) atoms. The molecule has 1 fully saturated rings. The molecule has 0 heterocycles. The van der Waals surface area contributed by atoms with Gasteiger partial charge in [-0.25, -0.2) is 4.79 Å². The molecule has 1 aromatic rings. The van der Waals surface area contributed by atoms with Crippen LogP contribution in [-0.4, -0.2) is 19.2 Å². The first-order chi connectivity index (χ1) is 9.17. The highest BCUT2D eigenvalue weighted by Gasteiger charge is 2.20. The predicted molar refractivity (Wildman–Crippen MR) is 76.6 cm³/mol. The predicted octanol–water partition coefficient (Wildman–Crippen LogP) is 3.40. The topological polar surface area (TPSA) is 50.4 Å². The Morgan fingerprint density at radius 2 is 2.00 bits per heavy atom. The van der Waals surface area contributed by atoms with Gasteiger partial charge in [-0.1, -0.05) is 19.8 Å². The number of anilines is 1. The zero-order valence-electron chi connectivity index (χ0n) is 11.6. The summed E-state index contributed by atoms with van der Waals surface area (Å²) in [6.07, 6.45) is 4.64. The van der Waals surface area contributed by atoms with Crippen LogP contribution in [0.3, 0.4) is 0 Å². The number of hydrogen-bond acceptors (Lipinski definition) is 2. The summed E-state index contributed by atoms with van der Waals surface area (Å²) < 4.78 is 5.08. The molecule has 2 atom stereocenters. The Balaban J connectivity index is 1.83. The average Bonchev–Trinajstić information content (AvgIpc) is 2.39. The number of rotatable bonds is 3. The molecule has 1 saturated carbocycles. The third-order valence-electron chi connectivity index (χ3n) is 3.62. The molecule has 0 radical (unpaired) electrons. The molecule has 2 N–H and O–H groups in total. The highest BCUT2D eigenvalue weighted by Crippen LogP contribution is 2.23. The molecule has 1 aromatic carbocycles. The first-order valence-electron chi connectivity index (χ1n) is 6.89. The summed E-state index contributed by atoms with van der Waals surface area (Å²) in [6.45, 7) is 2.25. The Morgan fingerprint density at radius 3 is 2.63 bits per heavy atom. The van der Waals surface area contributed by atoms with Crippen LogP contribution < -0.4 is 15.4 Å². The van der Waals surface area contributed by atoms with Crippen molar-refractivity contribution in [2.24, 2.45) is 5.92 Å². The van der Waals surface area contributed by atoms with Crippen molar-refractivity contribution in [2.75, 3.05) is 12.4 Å². The van der Waals surface area contributed by atoms with Crippen LogP contribution >= 0.6 is 0 Å². The van der Waals surface area contributed by atoms with Crippen molar-refractivity contribution in [2.45, 2.75) is 38.6 Å². The van der Waals surface area contributed by atoms with Crippen LogP contribution in [0.25, 0.3) is 0 Å². The Hall–Kier alpha value is -1.71. The Morgan fingerprint density at radius 1 is 1.26 bits per heavy atom. The molecule has 2 amide bonds. The van der Waals surface area contributed by atoms with Crippen molar-refractivity contribution in [3.8, 4) is 5.75 Å². The molecule has 2 unspecified atom stereocenters. The van der Waals surface area contributed by atoms with Crippen molar-refractivity contribution in [3.05, 3.63) is 24.3 Å². The van der Waals surface area contributed by atoms with Gasteiger partial charge in [0.1, 0.15) is 5.75 Å². The van der Waals surface area contributed by atoms with Crippen LogP contribution in [-0.2, 0) is 0 Å². The number of hydrogen-bond donors (Lipinski definition) is 2. The molecule has 0 spiro atoms. The van der Waals surface area contributed by atoms with E-state index in [9.17, 15) is 4.79 Å². The number of carbonyl (C=O) groups is 1. The molecular weight excluding hydrogens is 240 g/mol. The van der Waals surface area contributed by atoms with Crippen molar-refractivity contribution in [1.82, 2.24) is 5.32 Å². The van der Waals surface area contributed by atoms with Gasteiger partial charge in [0.2, 0.25) is 0 Å². The van der Waals surface area contributed by atoms with E-state index in [-0.39, 0.29) is 6.03 Å². The largest absolute Gasteiger partial charge is 0.497 e. The van der Waals surface area contributed by atoms with Crippen LogP contribution in [0.4, 0.5) is 10.5 Å². The van der Waals surface area contributed by atoms with Gasteiger partial charge in [0.05, 0.1) is 7.11 Å². The Kier molecular flexibility index (Phi) is 4.66. The van der Waals surface area contributed by atoms with Gasteiger partial charge in [-0.2, -0.15) is 0 Å². The second-order valence-corrected chi connectivity index (χ2v) is 5.30. The van der Waals surface area contributed by atoms with Crippen molar-refractivity contribution >= 4 is 11.7 Å². The van der Waals surface area contributed by atoms with Gasteiger partial charge in [-0.15, -0.1) is 0 Å². The highest BCUT2D eigenvalue weighted by molar-refractivity contribution is 5.89. The Labute approximate surface area is 114 Å². The summed E-state index contributed by atoms with van der Waals surface area (Å²) in [7, 11) is 1.62. The second-order valence-electron chi connectivity index (χ2n) is 5.30. The van der Waals surface area contributed by atoms with Crippen molar-refractivity contribution < 1.29 is 9.53 Å². The molecule has 2 rings (SSSR count). The van der Waals surface area contributed by atoms with Gasteiger partial charge < -0.3 is 15.4 Å². The van der Waals surface area contributed by atoms with Crippen LogP contribution in [0.2, 0.25) is 0 Å². The summed E-state index contributed by atoms with van der Waals surface area (Å²) in [5.74, 6) is 1.49. The highest BCUT2D eigenvalue weighted by atomic mass is 16.5. The summed E-state index contributed by atoms with van der Waals surface area (Å²) in [6, 6.07) is 7.52. The first kappa shape index (κ1) is 13.7. The van der Waals surface area contributed by atoms with E-state index in [1.165, 1.54) is 12.8 Å². The van der Waals surface area contributed by atoms with E-state index in [1.54, 1.807) is 7.11 Å². The molecule has 0 aliphatic heterocycles. The van der Waals surface area contributed by atoms with Gasteiger partial charge in [-0.3, -0.25) is 0 Å². The number of benzene rings is 1. The van der Waals surface area contributed by atoms with E-state index in [4.69, 9.17) is 4.74 Å². The normalized spacial score (nSPS) is 22.6. The molecule has 4 nitrogen and oxygen atoms in total. The lowest BCUT2D eigenvalue weighted by molar-refractivity contribution is 0.238. The smallest absolute Gasteiger partial charge is 0.319 e. The van der Waals surface area contributed by atoms with E-state index >= 15 is 0 Å². The average molecular weight is 262 g/mol. The first-order valence-corrected chi connectivity index (χ1v) is 6.89. The van der Waals surface area contributed by atoms with E-state index in [1.807, 2.05) is 24.3 Å². The molecule has 0 aromatic heterocycles. The minimum absolute atomic E-state index is 0.121. The number of carbonyl (C=O) groups excluding carboxylic acids is 1. The molecule has 104 valence electrons. The Bertz CT molecular complexity index is 417. The van der Waals surface area contributed by atoms with Crippen molar-refractivity contribution in [1.29, 1.82) is 0 Å². The molecule has 0 bridgehead atoms. The lowest BCUT2D eigenvalue weighted by Gasteiger charge is -2.27. The molecule has 1 aliphatic carbocycles. The van der Waals surface area contributed by atoms with E-state index in [0.29, 0.717) is 12.0 Å². The van der Waals surface area contributed by atoms with Crippen molar-refractivity contribution in [3.63, 3.8) is 0 Å². The fraction of sp³-hybridized carbons (Fsp3) is 0.533. The summed E-state index contributed by atoms with van der Waals surface area (Å²) in [5, 5.41) is 5.89. The zero-order chi connectivity index (χ0) is 13.7. The molecule has 1 aliphatic rings. The number of ether oxygens (including phenoxy) is 1. The fourth-order valence-electron chi connectivity index (χ4n) is 2.59. The monoisotopic (exact) mass is 262 g/mol.